The summed E-state index contributed by atoms with van der Waals surface area (Å²) in [4.78, 5) is 36.4. The number of nitrogens with zero attached hydrogens (tertiary/aromatic N) is 2. The zero-order chi connectivity index (χ0) is 19.7. The van der Waals surface area contributed by atoms with E-state index in [1.807, 2.05) is 0 Å². The van der Waals surface area contributed by atoms with Gasteiger partial charge in [-0.2, -0.15) is 0 Å². The van der Waals surface area contributed by atoms with Gasteiger partial charge in [-0.3, -0.25) is 19.7 Å². The predicted molar refractivity (Wildman–Crippen MR) is 96.2 cm³/mol. The molecule has 1 atom stereocenters. The quantitative estimate of drug-likeness (QED) is 0.292. The summed E-state index contributed by atoms with van der Waals surface area (Å²) in [6.45, 7) is 0. The highest BCUT2D eigenvalue weighted by Crippen LogP contribution is 2.39. The molecule has 27 heavy (non-hydrogen) atoms. The molecule has 0 bridgehead atoms. The van der Waals surface area contributed by atoms with Crippen molar-refractivity contribution in [2.24, 2.45) is 0 Å². The van der Waals surface area contributed by atoms with Gasteiger partial charge in [-0.1, -0.05) is 12.1 Å². The van der Waals surface area contributed by atoms with Crippen molar-refractivity contribution in [3.8, 4) is 5.75 Å². The Kier molecular flexibility index (Phi) is 4.64. The largest absolute Gasteiger partial charge is 0.507 e. The number of ether oxygens (including phenoxy) is 1. The first-order chi connectivity index (χ1) is 12.8. The van der Waals surface area contributed by atoms with Gasteiger partial charge in [0.25, 0.3) is 17.4 Å². The summed E-state index contributed by atoms with van der Waals surface area (Å²) in [5.74, 6) is -1.42. The Bertz CT molecular complexity index is 964. The van der Waals surface area contributed by atoms with Gasteiger partial charge in [0, 0.05) is 24.7 Å². The first-order valence-electron chi connectivity index (χ1n) is 7.98. The Balaban J connectivity index is 2.15. The van der Waals surface area contributed by atoms with Crippen molar-refractivity contribution in [1.82, 2.24) is 4.90 Å². The molecule has 1 unspecified atom stereocenters. The van der Waals surface area contributed by atoms with Crippen LogP contribution in [0.4, 0.5) is 5.69 Å². The van der Waals surface area contributed by atoms with Gasteiger partial charge < -0.3 is 14.7 Å². The lowest BCUT2D eigenvalue weighted by atomic mass is 9.95. The number of nitro groups is 1. The Hall–Kier alpha value is -3.68. The highest BCUT2D eigenvalue weighted by Gasteiger charge is 2.44. The zero-order valence-electron chi connectivity index (χ0n) is 14.6. The third kappa shape index (κ3) is 3.12. The second-order valence-electron chi connectivity index (χ2n) is 5.99. The number of amides is 1. The molecular formula is C19H16N2O6. The van der Waals surface area contributed by atoms with E-state index in [9.17, 15) is 24.8 Å². The number of carbonyl (C=O) groups excluding carboxylic acids is 2. The Morgan fingerprint density at radius 3 is 2.44 bits per heavy atom. The van der Waals surface area contributed by atoms with E-state index in [0.29, 0.717) is 16.9 Å². The second-order valence-corrected chi connectivity index (χ2v) is 5.99. The molecule has 1 saturated heterocycles. The van der Waals surface area contributed by atoms with Crippen LogP contribution in [-0.2, 0) is 9.59 Å². The lowest BCUT2D eigenvalue weighted by molar-refractivity contribution is -0.384. The fourth-order valence-electron chi connectivity index (χ4n) is 3.05. The summed E-state index contributed by atoms with van der Waals surface area (Å²) in [6.07, 6.45) is 0. The van der Waals surface area contributed by atoms with E-state index in [2.05, 4.69) is 0 Å². The average Bonchev–Trinajstić information content (AvgIpc) is 2.91. The Morgan fingerprint density at radius 1 is 1.19 bits per heavy atom. The van der Waals surface area contributed by atoms with Gasteiger partial charge in [-0.05, 0) is 29.8 Å². The molecule has 138 valence electrons. The SMILES string of the molecule is COc1ccc(/C(O)=C2/C(=O)C(=O)N(C)C2c2cccc([N+](=O)[O-])c2)cc1. The van der Waals surface area contributed by atoms with E-state index in [-0.39, 0.29) is 17.0 Å². The van der Waals surface area contributed by atoms with Crippen molar-refractivity contribution in [3.05, 3.63) is 75.3 Å². The molecule has 1 amide bonds. The summed E-state index contributed by atoms with van der Waals surface area (Å²) in [5, 5.41) is 21.8. The van der Waals surface area contributed by atoms with Crippen LogP contribution >= 0.6 is 0 Å². The standard InChI is InChI=1S/C19H16N2O6/c1-20-16(12-4-3-5-13(10-12)21(25)26)15(18(23)19(20)24)17(22)11-6-8-14(27-2)9-7-11/h3-10,16,22H,1-2H3/b17-15-. The molecular weight excluding hydrogens is 352 g/mol. The van der Waals surface area contributed by atoms with Gasteiger partial charge in [0.05, 0.1) is 23.6 Å². The Labute approximate surface area is 154 Å². The monoisotopic (exact) mass is 368 g/mol. The topological polar surface area (TPSA) is 110 Å². The molecule has 8 heteroatoms. The van der Waals surface area contributed by atoms with Gasteiger partial charge in [0.1, 0.15) is 11.5 Å². The summed E-state index contributed by atoms with van der Waals surface area (Å²) < 4.78 is 5.06. The maximum absolute atomic E-state index is 12.5. The molecule has 1 fully saturated rings. The number of likely N-dealkylation sites (tertiary alicyclic amines) is 1. The molecule has 0 radical (unpaired) electrons. The van der Waals surface area contributed by atoms with Crippen LogP contribution in [0.3, 0.4) is 0 Å². The van der Waals surface area contributed by atoms with Crippen molar-refractivity contribution in [3.63, 3.8) is 0 Å². The van der Waals surface area contributed by atoms with Crippen LogP contribution in [0.2, 0.25) is 0 Å². The zero-order valence-corrected chi connectivity index (χ0v) is 14.6. The third-order valence-corrected chi connectivity index (χ3v) is 4.44. The van der Waals surface area contributed by atoms with Gasteiger partial charge in [-0.25, -0.2) is 0 Å². The lowest BCUT2D eigenvalue weighted by Gasteiger charge is -2.20. The van der Waals surface area contributed by atoms with E-state index in [0.717, 1.165) is 4.90 Å². The number of hydrogen-bond acceptors (Lipinski definition) is 6. The molecule has 1 aliphatic rings. The van der Waals surface area contributed by atoms with Crippen LogP contribution in [0.25, 0.3) is 5.76 Å². The first-order valence-corrected chi connectivity index (χ1v) is 7.98. The molecule has 0 saturated carbocycles. The maximum atomic E-state index is 12.5. The van der Waals surface area contributed by atoms with Crippen molar-refractivity contribution < 1.29 is 24.4 Å². The van der Waals surface area contributed by atoms with E-state index < -0.39 is 22.7 Å². The Morgan fingerprint density at radius 2 is 1.85 bits per heavy atom. The molecule has 0 spiro atoms. The van der Waals surface area contributed by atoms with Crippen LogP contribution in [0, 0.1) is 10.1 Å². The van der Waals surface area contributed by atoms with Crippen molar-refractivity contribution >= 4 is 23.1 Å². The molecule has 2 aromatic rings. The van der Waals surface area contributed by atoms with Crippen molar-refractivity contribution in [2.45, 2.75) is 6.04 Å². The van der Waals surface area contributed by atoms with Crippen LogP contribution in [0.5, 0.6) is 5.75 Å². The fraction of sp³-hybridized carbons (Fsp3) is 0.158. The van der Waals surface area contributed by atoms with Crippen LogP contribution in [0.1, 0.15) is 17.2 Å². The van der Waals surface area contributed by atoms with Crippen molar-refractivity contribution in [1.29, 1.82) is 0 Å². The van der Waals surface area contributed by atoms with E-state index >= 15 is 0 Å². The minimum atomic E-state index is -0.924. The number of rotatable bonds is 4. The minimum Gasteiger partial charge on any atom is -0.507 e. The van der Waals surface area contributed by atoms with E-state index in [1.165, 1.54) is 32.4 Å². The smallest absolute Gasteiger partial charge is 0.295 e. The van der Waals surface area contributed by atoms with Gasteiger partial charge in [-0.15, -0.1) is 0 Å². The molecule has 1 N–H and O–H groups in total. The number of ketones is 1. The van der Waals surface area contributed by atoms with Crippen LogP contribution < -0.4 is 4.74 Å². The molecule has 0 aromatic heterocycles. The van der Waals surface area contributed by atoms with Crippen LogP contribution in [0.15, 0.2) is 54.1 Å². The lowest BCUT2D eigenvalue weighted by Crippen LogP contribution is -2.24. The van der Waals surface area contributed by atoms with Crippen LogP contribution in [-0.4, -0.2) is 40.8 Å². The minimum absolute atomic E-state index is 0.117. The number of aliphatic hydroxyl groups is 1. The normalized spacial score (nSPS) is 18.6. The summed E-state index contributed by atoms with van der Waals surface area (Å²) in [5.41, 5.74) is 0.405. The van der Waals surface area contributed by atoms with E-state index in [4.69, 9.17) is 4.74 Å². The fourth-order valence-corrected chi connectivity index (χ4v) is 3.05. The maximum Gasteiger partial charge on any atom is 0.295 e. The highest BCUT2D eigenvalue weighted by atomic mass is 16.6. The number of nitro benzene ring substituents is 1. The molecule has 0 aliphatic carbocycles. The summed E-state index contributed by atoms with van der Waals surface area (Å²) >= 11 is 0. The summed E-state index contributed by atoms with van der Waals surface area (Å²) in [6, 6.07) is 11.1. The number of methoxy groups -OCH3 is 1. The number of aliphatic hydroxyl groups excluding tert-OH is 1. The average molecular weight is 368 g/mol. The third-order valence-electron chi connectivity index (χ3n) is 4.44. The van der Waals surface area contributed by atoms with Crippen molar-refractivity contribution in [2.75, 3.05) is 14.2 Å². The summed E-state index contributed by atoms with van der Waals surface area (Å²) in [7, 11) is 2.91. The second kappa shape index (κ2) is 6.91. The predicted octanol–water partition coefficient (Wildman–Crippen LogP) is 2.65. The molecule has 8 nitrogen and oxygen atoms in total. The molecule has 3 rings (SSSR count). The number of hydrogen-bond donors (Lipinski definition) is 1. The number of non-ortho nitro benzene ring substituents is 1. The first kappa shape index (κ1) is 18.1. The van der Waals surface area contributed by atoms with Gasteiger partial charge >= 0.3 is 0 Å². The number of Topliss-reactive ketones (excluding diaryl/α,β-unsaturated/α-hetero) is 1. The molecule has 1 heterocycles. The van der Waals surface area contributed by atoms with Gasteiger partial charge in [0.2, 0.25) is 0 Å². The number of benzene rings is 2. The number of carbonyl (C=O) groups is 2. The van der Waals surface area contributed by atoms with E-state index in [1.54, 1.807) is 30.3 Å². The number of likely N-dealkylation sites (N-methyl/N-ethyl adjacent to an activating group) is 1. The molecule has 1 aliphatic heterocycles. The molecule has 2 aromatic carbocycles. The highest BCUT2D eigenvalue weighted by molar-refractivity contribution is 6.46. The van der Waals surface area contributed by atoms with Gasteiger partial charge in [0.15, 0.2) is 0 Å².